The van der Waals surface area contributed by atoms with Crippen LogP contribution in [0.4, 0.5) is 9.39 Å². The summed E-state index contributed by atoms with van der Waals surface area (Å²) >= 11 is 1.29. The van der Waals surface area contributed by atoms with E-state index in [1.807, 2.05) is 0 Å². The second-order valence-electron chi connectivity index (χ2n) is 2.18. The zero-order valence-electron chi connectivity index (χ0n) is 6.34. The van der Waals surface area contributed by atoms with E-state index in [2.05, 4.69) is 5.32 Å². The Bertz CT molecular complexity index is 274. The summed E-state index contributed by atoms with van der Waals surface area (Å²) in [5.41, 5.74) is 5.90. The number of halogens is 1. The van der Waals surface area contributed by atoms with E-state index in [-0.39, 0.29) is 12.5 Å². The molecule has 1 aromatic rings. The number of carbonyl (C=O) groups excluding carboxylic acids is 1. The molecule has 0 radical (unpaired) electrons. The second-order valence-corrected chi connectivity index (χ2v) is 3.13. The van der Waals surface area contributed by atoms with E-state index in [9.17, 15) is 9.18 Å². The van der Waals surface area contributed by atoms with Crippen molar-refractivity contribution in [3.05, 3.63) is 17.0 Å². The topological polar surface area (TPSA) is 55.1 Å². The molecule has 66 valence electrons. The summed E-state index contributed by atoms with van der Waals surface area (Å²) in [6.07, 6.45) is 0. The van der Waals surface area contributed by atoms with Crippen molar-refractivity contribution in [1.29, 1.82) is 0 Å². The number of rotatable bonds is 3. The van der Waals surface area contributed by atoms with Crippen LogP contribution in [0, 0.1) is 0 Å². The average Bonchev–Trinajstić information content (AvgIpc) is 2.47. The number of nitrogens with two attached hydrogens (primary N) is 1. The lowest BCUT2D eigenvalue weighted by Crippen LogP contribution is -2.24. The first-order valence-corrected chi connectivity index (χ1v) is 4.30. The molecule has 0 aliphatic heterocycles. The van der Waals surface area contributed by atoms with Crippen molar-refractivity contribution in [1.82, 2.24) is 5.32 Å². The molecule has 0 unspecified atom stereocenters. The minimum atomic E-state index is -0.550. The molecule has 0 aliphatic rings. The minimum absolute atomic E-state index is 0.0502. The molecular weight excluding hydrogens is 179 g/mol. The third-order valence-corrected chi connectivity index (χ3v) is 2.02. The van der Waals surface area contributed by atoms with Gasteiger partial charge in [-0.1, -0.05) is 0 Å². The molecule has 0 atom stereocenters. The Kier molecular flexibility index (Phi) is 3.04. The number of amides is 1. The van der Waals surface area contributed by atoms with Crippen LogP contribution < -0.4 is 11.1 Å². The zero-order chi connectivity index (χ0) is 8.97. The van der Waals surface area contributed by atoms with E-state index in [1.54, 1.807) is 11.4 Å². The maximum absolute atomic E-state index is 11.6. The van der Waals surface area contributed by atoms with Crippen LogP contribution in [0.1, 0.15) is 10.4 Å². The van der Waals surface area contributed by atoms with Crippen molar-refractivity contribution in [3.63, 3.8) is 0 Å². The fourth-order valence-corrected chi connectivity index (χ4v) is 1.37. The molecule has 0 saturated carbocycles. The molecule has 3 N–H and O–H groups in total. The molecule has 12 heavy (non-hydrogen) atoms. The number of hydrogen-bond donors (Lipinski definition) is 2. The lowest BCUT2D eigenvalue weighted by atomic mass is 10.3. The Balaban J connectivity index is 2.53. The Labute approximate surface area is 73.4 Å². The molecule has 1 amide bonds. The maximum atomic E-state index is 11.6. The highest BCUT2D eigenvalue weighted by atomic mass is 32.1. The van der Waals surface area contributed by atoms with E-state index in [4.69, 9.17) is 5.73 Å². The minimum Gasteiger partial charge on any atom is -0.391 e. The Morgan fingerprint density at radius 2 is 2.50 bits per heavy atom. The summed E-state index contributed by atoms with van der Waals surface area (Å²) in [6.45, 7) is -0.500. The van der Waals surface area contributed by atoms with Crippen molar-refractivity contribution in [2.75, 3.05) is 19.0 Å². The van der Waals surface area contributed by atoms with Crippen LogP contribution >= 0.6 is 11.3 Å². The van der Waals surface area contributed by atoms with Gasteiger partial charge in [0.1, 0.15) is 6.67 Å². The van der Waals surface area contributed by atoms with E-state index in [0.29, 0.717) is 10.6 Å². The molecule has 5 heteroatoms. The van der Waals surface area contributed by atoms with Gasteiger partial charge in [-0.25, -0.2) is 4.39 Å². The number of carbonyl (C=O) groups is 1. The van der Waals surface area contributed by atoms with Crippen LogP contribution in [0.25, 0.3) is 0 Å². The largest absolute Gasteiger partial charge is 0.391 e. The van der Waals surface area contributed by atoms with E-state index in [1.165, 1.54) is 11.3 Å². The van der Waals surface area contributed by atoms with Crippen LogP contribution in [0.3, 0.4) is 0 Å². The smallest absolute Gasteiger partial charge is 0.252 e. The van der Waals surface area contributed by atoms with Gasteiger partial charge in [0, 0.05) is 11.9 Å². The predicted molar refractivity (Wildman–Crippen MR) is 47.0 cm³/mol. The lowest BCUT2D eigenvalue weighted by molar-refractivity contribution is 0.0951. The summed E-state index contributed by atoms with van der Waals surface area (Å²) in [5.74, 6) is -0.277. The van der Waals surface area contributed by atoms with Gasteiger partial charge in [-0.2, -0.15) is 0 Å². The normalized spacial score (nSPS) is 9.75. The molecule has 0 fully saturated rings. The molecule has 0 aromatic carbocycles. The molecule has 0 aliphatic carbocycles. The van der Waals surface area contributed by atoms with Crippen molar-refractivity contribution in [2.24, 2.45) is 0 Å². The highest BCUT2D eigenvalue weighted by Crippen LogP contribution is 2.15. The summed E-state index contributed by atoms with van der Waals surface area (Å²) in [6, 6.07) is 1.57. The van der Waals surface area contributed by atoms with Gasteiger partial charge in [-0.15, -0.1) is 11.3 Å². The van der Waals surface area contributed by atoms with Gasteiger partial charge in [-0.3, -0.25) is 4.79 Å². The van der Waals surface area contributed by atoms with E-state index in [0.717, 1.165) is 0 Å². The molecule has 3 nitrogen and oxygen atoms in total. The highest BCUT2D eigenvalue weighted by Gasteiger charge is 2.05. The van der Waals surface area contributed by atoms with Crippen LogP contribution in [0.5, 0.6) is 0 Å². The van der Waals surface area contributed by atoms with Gasteiger partial charge in [0.15, 0.2) is 0 Å². The maximum Gasteiger partial charge on any atom is 0.252 e. The molecule has 0 saturated heterocycles. The van der Waals surface area contributed by atoms with Crippen LogP contribution in [-0.4, -0.2) is 19.1 Å². The SMILES string of the molecule is Nc1cc(C(=O)NCCF)cs1. The van der Waals surface area contributed by atoms with Crippen LogP contribution in [-0.2, 0) is 0 Å². The molecule has 0 bridgehead atoms. The summed E-state index contributed by atoms with van der Waals surface area (Å²) in [5, 5.41) is 4.62. The summed E-state index contributed by atoms with van der Waals surface area (Å²) < 4.78 is 11.6. The van der Waals surface area contributed by atoms with Gasteiger partial charge in [0.25, 0.3) is 5.91 Å². The fourth-order valence-electron chi connectivity index (χ4n) is 0.735. The van der Waals surface area contributed by atoms with Gasteiger partial charge in [-0.05, 0) is 6.07 Å². The standard InChI is InChI=1S/C7H9FN2OS/c8-1-2-10-7(11)5-3-6(9)12-4-5/h3-4H,1-2,9H2,(H,10,11). The Morgan fingerprint density at radius 3 is 3.00 bits per heavy atom. The van der Waals surface area contributed by atoms with Gasteiger partial charge in [0.05, 0.1) is 10.6 Å². The number of nitrogen functional groups attached to an aromatic ring is 1. The van der Waals surface area contributed by atoms with Gasteiger partial charge < -0.3 is 11.1 Å². The van der Waals surface area contributed by atoms with Gasteiger partial charge >= 0.3 is 0 Å². The fraction of sp³-hybridized carbons (Fsp3) is 0.286. The molecule has 1 rings (SSSR count). The van der Waals surface area contributed by atoms with Crippen molar-refractivity contribution in [3.8, 4) is 0 Å². The summed E-state index contributed by atoms with van der Waals surface area (Å²) in [4.78, 5) is 11.1. The third-order valence-electron chi connectivity index (χ3n) is 1.26. The number of nitrogens with one attached hydrogen (secondary N) is 1. The predicted octanol–water partition coefficient (Wildman–Crippen LogP) is 1.03. The van der Waals surface area contributed by atoms with Crippen LogP contribution in [0.15, 0.2) is 11.4 Å². The zero-order valence-corrected chi connectivity index (χ0v) is 7.16. The number of thiophene rings is 1. The highest BCUT2D eigenvalue weighted by molar-refractivity contribution is 7.14. The first kappa shape index (κ1) is 8.99. The van der Waals surface area contributed by atoms with E-state index >= 15 is 0 Å². The van der Waals surface area contributed by atoms with Crippen LogP contribution in [0.2, 0.25) is 0 Å². The summed E-state index contributed by atoms with van der Waals surface area (Å²) in [7, 11) is 0. The second kappa shape index (κ2) is 4.06. The van der Waals surface area contributed by atoms with Gasteiger partial charge in [0.2, 0.25) is 0 Å². The van der Waals surface area contributed by atoms with E-state index < -0.39 is 6.67 Å². The molecule has 1 heterocycles. The first-order chi connectivity index (χ1) is 5.74. The van der Waals surface area contributed by atoms with Crippen molar-refractivity contribution in [2.45, 2.75) is 0 Å². The quantitative estimate of drug-likeness (QED) is 0.744. The van der Waals surface area contributed by atoms with Crippen molar-refractivity contribution < 1.29 is 9.18 Å². The molecule has 1 aromatic heterocycles. The number of alkyl halides is 1. The van der Waals surface area contributed by atoms with Crippen molar-refractivity contribution >= 4 is 22.2 Å². The first-order valence-electron chi connectivity index (χ1n) is 3.42. The monoisotopic (exact) mass is 188 g/mol. The molecule has 0 spiro atoms. The number of hydrogen-bond acceptors (Lipinski definition) is 3. The third kappa shape index (κ3) is 2.20. The Hall–Kier alpha value is -1.10. The molecular formula is C7H9FN2OS. The Morgan fingerprint density at radius 1 is 1.75 bits per heavy atom. The number of anilines is 1. The average molecular weight is 188 g/mol. The lowest BCUT2D eigenvalue weighted by Gasteiger charge is -1.97.